The molecule has 6 heteroatoms. The van der Waals surface area contributed by atoms with Gasteiger partial charge >= 0.3 is 5.69 Å². The van der Waals surface area contributed by atoms with Gasteiger partial charge < -0.3 is 14.0 Å². The Morgan fingerprint density at radius 1 is 1.28 bits per heavy atom. The highest BCUT2D eigenvalue weighted by atomic mass is 16.7. The molecule has 0 saturated carbocycles. The first kappa shape index (κ1) is 14.7. The second-order valence-corrected chi connectivity index (χ2v) is 3.89. The summed E-state index contributed by atoms with van der Waals surface area (Å²) in [4.78, 5) is 25.0. The molecule has 0 saturated heterocycles. The van der Waals surface area contributed by atoms with Crippen molar-refractivity contribution in [2.75, 3.05) is 13.2 Å². The van der Waals surface area contributed by atoms with Crippen molar-refractivity contribution in [1.82, 2.24) is 9.55 Å². The Balaban J connectivity index is 2.70. The Kier molecular flexibility index (Phi) is 5.80. The molecule has 0 aliphatic rings. The summed E-state index contributed by atoms with van der Waals surface area (Å²) < 4.78 is 12.2. The summed E-state index contributed by atoms with van der Waals surface area (Å²) >= 11 is 0. The van der Waals surface area contributed by atoms with Crippen molar-refractivity contribution < 1.29 is 9.47 Å². The van der Waals surface area contributed by atoms with Gasteiger partial charge in [-0.1, -0.05) is 0 Å². The zero-order chi connectivity index (χ0) is 13.5. The number of hydrogen-bond donors (Lipinski definition) is 1. The van der Waals surface area contributed by atoms with Gasteiger partial charge in [-0.05, 0) is 20.8 Å². The zero-order valence-corrected chi connectivity index (χ0v) is 11.1. The minimum Gasteiger partial charge on any atom is -0.353 e. The zero-order valence-electron chi connectivity index (χ0n) is 11.1. The molecule has 0 spiro atoms. The van der Waals surface area contributed by atoms with Gasteiger partial charge in [0.2, 0.25) is 0 Å². The lowest BCUT2D eigenvalue weighted by Gasteiger charge is -2.17. The lowest BCUT2D eigenvalue weighted by molar-refractivity contribution is -0.141. The molecule has 18 heavy (non-hydrogen) atoms. The summed E-state index contributed by atoms with van der Waals surface area (Å²) in [6, 6.07) is 0. The van der Waals surface area contributed by atoms with E-state index in [2.05, 4.69) is 4.98 Å². The van der Waals surface area contributed by atoms with E-state index in [-0.39, 0.29) is 11.8 Å². The van der Waals surface area contributed by atoms with Crippen molar-refractivity contribution in [3.63, 3.8) is 0 Å². The van der Waals surface area contributed by atoms with Crippen LogP contribution < -0.4 is 11.2 Å². The summed E-state index contributed by atoms with van der Waals surface area (Å²) in [5.41, 5.74) is -0.237. The minimum atomic E-state index is -0.405. The van der Waals surface area contributed by atoms with Crippen LogP contribution in [0.3, 0.4) is 0 Å². The fraction of sp³-hybridized carbons (Fsp3) is 0.667. The molecule has 0 atom stereocenters. The van der Waals surface area contributed by atoms with Crippen LogP contribution in [0, 0.1) is 6.92 Å². The van der Waals surface area contributed by atoms with E-state index in [0.717, 1.165) is 0 Å². The molecule has 0 aliphatic heterocycles. The summed E-state index contributed by atoms with van der Waals surface area (Å²) in [5, 5.41) is 0. The van der Waals surface area contributed by atoms with Crippen LogP contribution >= 0.6 is 0 Å². The first-order valence-electron chi connectivity index (χ1n) is 6.12. The number of H-pyrrole nitrogens is 1. The normalized spacial score (nSPS) is 11.1. The smallest absolute Gasteiger partial charge is 0.328 e. The predicted octanol–water partition coefficient (Wildman–Crippen LogP) is 0.634. The van der Waals surface area contributed by atoms with Crippen molar-refractivity contribution in [3.05, 3.63) is 32.6 Å². The first-order chi connectivity index (χ1) is 8.58. The van der Waals surface area contributed by atoms with Gasteiger partial charge in [0.15, 0.2) is 6.29 Å². The van der Waals surface area contributed by atoms with Crippen LogP contribution in [0.4, 0.5) is 0 Å². The topological polar surface area (TPSA) is 73.3 Å². The number of aryl methyl sites for hydroxylation is 2. The van der Waals surface area contributed by atoms with E-state index in [1.54, 1.807) is 13.1 Å². The van der Waals surface area contributed by atoms with E-state index in [1.165, 1.54) is 4.57 Å². The van der Waals surface area contributed by atoms with Gasteiger partial charge in [-0.25, -0.2) is 4.79 Å². The van der Waals surface area contributed by atoms with Crippen LogP contribution in [0.5, 0.6) is 0 Å². The fourth-order valence-corrected chi connectivity index (χ4v) is 1.62. The number of ether oxygens (including phenoxy) is 2. The van der Waals surface area contributed by atoms with Gasteiger partial charge in [-0.2, -0.15) is 0 Å². The maximum Gasteiger partial charge on any atom is 0.328 e. The molecule has 1 N–H and O–H groups in total. The van der Waals surface area contributed by atoms with Crippen LogP contribution in [0.15, 0.2) is 15.8 Å². The molecular formula is C12H20N2O4. The number of aromatic amines is 1. The maximum absolute atomic E-state index is 11.5. The largest absolute Gasteiger partial charge is 0.353 e. The van der Waals surface area contributed by atoms with Gasteiger partial charge in [0, 0.05) is 37.9 Å². The van der Waals surface area contributed by atoms with Gasteiger partial charge in [0.05, 0.1) is 0 Å². The standard InChI is InChI=1S/C12H20N2O4/c1-4-17-10(18-5-2)6-7-14-8-9(3)11(15)13-12(14)16/h8,10H,4-7H2,1-3H3,(H,13,15,16). The molecule has 0 aliphatic carbocycles. The molecule has 1 aromatic heterocycles. The highest BCUT2D eigenvalue weighted by Gasteiger charge is 2.09. The molecular weight excluding hydrogens is 236 g/mol. The number of nitrogens with zero attached hydrogens (tertiary/aromatic N) is 1. The Morgan fingerprint density at radius 3 is 2.44 bits per heavy atom. The van der Waals surface area contributed by atoms with Crippen molar-refractivity contribution in [2.24, 2.45) is 0 Å². The number of aromatic nitrogens is 2. The molecule has 1 aromatic rings. The number of nitrogens with one attached hydrogen (secondary N) is 1. The fourth-order valence-electron chi connectivity index (χ4n) is 1.62. The van der Waals surface area contributed by atoms with E-state index in [9.17, 15) is 9.59 Å². The Labute approximate surface area is 106 Å². The lowest BCUT2D eigenvalue weighted by atomic mass is 10.3. The van der Waals surface area contributed by atoms with Gasteiger partial charge in [0.25, 0.3) is 5.56 Å². The average Bonchev–Trinajstić information content (AvgIpc) is 2.32. The van der Waals surface area contributed by atoms with Gasteiger partial charge in [-0.3, -0.25) is 9.78 Å². The first-order valence-corrected chi connectivity index (χ1v) is 6.12. The summed E-state index contributed by atoms with van der Waals surface area (Å²) in [5.74, 6) is 0. The van der Waals surface area contributed by atoms with E-state index in [0.29, 0.717) is 31.7 Å². The van der Waals surface area contributed by atoms with Crippen LogP contribution in [-0.2, 0) is 16.0 Å². The molecule has 0 amide bonds. The number of rotatable bonds is 7. The maximum atomic E-state index is 11.5. The molecule has 0 radical (unpaired) electrons. The third kappa shape index (κ3) is 4.12. The lowest BCUT2D eigenvalue weighted by Crippen LogP contribution is -2.32. The van der Waals surface area contributed by atoms with Gasteiger partial charge in [-0.15, -0.1) is 0 Å². The molecule has 0 unspecified atom stereocenters. The molecule has 0 aromatic carbocycles. The molecule has 0 fully saturated rings. The Morgan fingerprint density at radius 2 is 1.89 bits per heavy atom. The van der Waals surface area contributed by atoms with Gasteiger partial charge in [0.1, 0.15) is 0 Å². The van der Waals surface area contributed by atoms with Crippen LogP contribution in [-0.4, -0.2) is 29.1 Å². The minimum absolute atomic E-state index is 0.320. The average molecular weight is 256 g/mol. The Bertz CT molecular complexity index is 472. The van der Waals surface area contributed by atoms with Crippen molar-refractivity contribution >= 4 is 0 Å². The SMILES string of the molecule is CCOC(CCn1cc(C)c(=O)[nH]c1=O)OCC. The highest BCUT2D eigenvalue weighted by molar-refractivity contribution is 5.00. The third-order valence-corrected chi connectivity index (χ3v) is 2.50. The molecule has 1 rings (SSSR count). The monoisotopic (exact) mass is 256 g/mol. The van der Waals surface area contributed by atoms with Crippen LogP contribution in [0.2, 0.25) is 0 Å². The highest BCUT2D eigenvalue weighted by Crippen LogP contribution is 2.02. The second-order valence-electron chi connectivity index (χ2n) is 3.89. The molecule has 1 heterocycles. The predicted molar refractivity (Wildman–Crippen MR) is 67.7 cm³/mol. The molecule has 0 bridgehead atoms. The van der Waals surface area contributed by atoms with E-state index < -0.39 is 5.69 Å². The van der Waals surface area contributed by atoms with E-state index >= 15 is 0 Å². The molecule has 102 valence electrons. The summed E-state index contributed by atoms with van der Waals surface area (Å²) in [6.45, 7) is 7.01. The van der Waals surface area contributed by atoms with Crippen molar-refractivity contribution in [2.45, 2.75) is 40.0 Å². The third-order valence-electron chi connectivity index (χ3n) is 2.50. The van der Waals surface area contributed by atoms with Crippen LogP contribution in [0.25, 0.3) is 0 Å². The summed E-state index contributed by atoms with van der Waals surface area (Å²) in [7, 11) is 0. The quantitative estimate of drug-likeness (QED) is 0.726. The second kappa shape index (κ2) is 7.13. The van der Waals surface area contributed by atoms with Crippen molar-refractivity contribution in [3.8, 4) is 0 Å². The summed E-state index contributed by atoms with van der Waals surface area (Å²) in [6.07, 6.45) is 1.79. The van der Waals surface area contributed by atoms with E-state index in [4.69, 9.17) is 9.47 Å². The molecule has 6 nitrogen and oxygen atoms in total. The van der Waals surface area contributed by atoms with Crippen molar-refractivity contribution in [1.29, 1.82) is 0 Å². The van der Waals surface area contributed by atoms with Crippen LogP contribution in [0.1, 0.15) is 25.8 Å². The number of hydrogen-bond acceptors (Lipinski definition) is 4. The van der Waals surface area contributed by atoms with E-state index in [1.807, 2.05) is 13.8 Å². The Hall–Kier alpha value is -1.40.